The van der Waals surface area contributed by atoms with Crippen LogP contribution in [0.1, 0.15) is 110 Å². The Balaban J connectivity index is 3.47. The summed E-state index contributed by atoms with van der Waals surface area (Å²) >= 11 is 0. The largest absolute Gasteiger partial charge is 0.394 e. The average molecular weight is 379 g/mol. The van der Waals surface area contributed by atoms with Crippen LogP contribution in [0.4, 0.5) is 0 Å². The maximum absolute atomic E-state index is 11.8. The van der Waals surface area contributed by atoms with Crippen molar-refractivity contribution in [1.82, 2.24) is 5.32 Å². The van der Waals surface area contributed by atoms with E-state index in [4.69, 9.17) is 0 Å². The number of amides is 1. The molecule has 0 saturated heterocycles. The third-order valence-corrected chi connectivity index (χ3v) is 5.15. The van der Waals surface area contributed by atoms with E-state index in [0.717, 1.165) is 32.1 Å². The van der Waals surface area contributed by atoms with Gasteiger partial charge >= 0.3 is 0 Å². The van der Waals surface area contributed by atoms with Crippen LogP contribution in [0.5, 0.6) is 0 Å². The highest BCUT2D eigenvalue weighted by Crippen LogP contribution is 2.12. The number of aliphatic hydroxyl groups excluding tert-OH is 1. The van der Waals surface area contributed by atoms with Gasteiger partial charge in [0.15, 0.2) is 0 Å². The minimum absolute atomic E-state index is 0.0162. The number of allylic oxidation sites excluding steroid dienone is 1. The molecule has 0 radical (unpaired) electrons. The van der Waals surface area contributed by atoms with E-state index in [1.54, 1.807) is 0 Å². The molecule has 4 heteroatoms. The normalized spacial score (nSPS) is 12.5. The molecule has 0 spiro atoms. The van der Waals surface area contributed by atoms with Crippen LogP contribution in [0, 0.1) is 0 Å². The van der Waals surface area contributed by atoms with Gasteiger partial charge in [0.25, 0.3) is 0 Å². The number of rotatable bonds is 20. The molecule has 1 atom stereocenters. The smallest absolute Gasteiger partial charge is 0.220 e. The molecule has 1 unspecified atom stereocenters. The van der Waals surface area contributed by atoms with Gasteiger partial charge in [0.2, 0.25) is 5.91 Å². The zero-order chi connectivity index (χ0) is 20.0. The Hall–Kier alpha value is -0.765. The lowest BCUT2D eigenvalue weighted by molar-refractivity contribution is -0.122. The van der Waals surface area contributed by atoms with E-state index in [-0.39, 0.29) is 18.6 Å². The Bertz CT molecular complexity index is 347. The number of hydrogen-bond acceptors (Lipinski definition) is 2. The van der Waals surface area contributed by atoms with Gasteiger partial charge in [-0.25, -0.2) is 0 Å². The van der Waals surface area contributed by atoms with Crippen LogP contribution in [0.2, 0.25) is 6.32 Å². The van der Waals surface area contributed by atoms with E-state index >= 15 is 0 Å². The number of unbranched alkanes of at least 4 members (excludes halogenated alkanes) is 12. The van der Waals surface area contributed by atoms with E-state index in [0.29, 0.717) is 6.42 Å². The zero-order valence-electron chi connectivity index (χ0n) is 18.3. The van der Waals surface area contributed by atoms with Crippen LogP contribution in [0.15, 0.2) is 12.2 Å². The van der Waals surface area contributed by atoms with Gasteiger partial charge in [-0.3, -0.25) is 4.79 Å². The number of hydrogen-bond donors (Lipinski definition) is 2. The summed E-state index contributed by atoms with van der Waals surface area (Å²) in [6.45, 7) is 2.15. The van der Waals surface area contributed by atoms with Gasteiger partial charge in [-0.2, -0.15) is 0 Å². The summed E-state index contributed by atoms with van der Waals surface area (Å²) in [6, 6.07) is -0.132. The Kier molecular flexibility index (Phi) is 20.9. The summed E-state index contributed by atoms with van der Waals surface area (Å²) in [6.07, 6.45) is 25.0. The first-order valence-corrected chi connectivity index (χ1v) is 11.8. The van der Waals surface area contributed by atoms with Gasteiger partial charge in [0, 0.05) is 6.42 Å². The fraction of sp³-hybridized carbons (Fsp3) is 0.870. The molecule has 27 heavy (non-hydrogen) atoms. The predicted molar refractivity (Wildman–Crippen MR) is 121 cm³/mol. The molecule has 0 fully saturated rings. The van der Waals surface area contributed by atoms with Crippen LogP contribution in [0.25, 0.3) is 0 Å². The second-order valence-corrected chi connectivity index (χ2v) is 7.94. The minimum Gasteiger partial charge on any atom is -0.394 e. The molecule has 0 aliphatic carbocycles. The van der Waals surface area contributed by atoms with Crippen molar-refractivity contribution in [3.8, 4) is 0 Å². The highest BCUT2D eigenvalue weighted by atomic mass is 16.3. The third kappa shape index (κ3) is 19.8. The molecule has 2 N–H and O–H groups in total. The molecule has 0 rings (SSSR count). The number of aliphatic hydroxyl groups is 1. The standard InChI is InChI=1S/C23H46BNO2/c1-2-3-15-19-23(27)25-22(21-26)18-16-13-11-9-7-5-4-6-8-10-12-14-17-20-24/h13,16,22,26H,2-12,14-15,17-21,24H2,1H3,(H,25,27)/b16-13+. The third-order valence-electron chi connectivity index (χ3n) is 5.15. The van der Waals surface area contributed by atoms with Crippen LogP contribution in [0.3, 0.4) is 0 Å². The van der Waals surface area contributed by atoms with Crippen molar-refractivity contribution in [1.29, 1.82) is 0 Å². The summed E-state index contributed by atoms with van der Waals surface area (Å²) < 4.78 is 0. The van der Waals surface area contributed by atoms with E-state index in [1.807, 2.05) is 0 Å². The Morgan fingerprint density at radius 2 is 1.48 bits per heavy atom. The first-order valence-electron chi connectivity index (χ1n) is 11.8. The van der Waals surface area contributed by atoms with E-state index < -0.39 is 0 Å². The SMILES string of the molecule is BCCCCCCCCCCCC/C=C/CC(CO)NC(=O)CCCCC. The highest BCUT2D eigenvalue weighted by Gasteiger charge is 2.09. The van der Waals surface area contributed by atoms with Gasteiger partial charge in [-0.1, -0.05) is 96.0 Å². The van der Waals surface area contributed by atoms with E-state index in [1.165, 1.54) is 70.5 Å². The Morgan fingerprint density at radius 1 is 0.889 bits per heavy atom. The summed E-state index contributed by atoms with van der Waals surface area (Å²) in [5.74, 6) is 0.0706. The summed E-state index contributed by atoms with van der Waals surface area (Å²) in [5, 5.41) is 12.3. The predicted octanol–water partition coefficient (Wildman–Crippen LogP) is 5.33. The number of carbonyl (C=O) groups excluding carboxylic acids is 1. The second kappa shape index (κ2) is 21.5. The lowest BCUT2D eigenvalue weighted by Gasteiger charge is -2.14. The molecule has 1 amide bonds. The summed E-state index contributed by atoms with van der Waals surface area (Å²) in [7, 11) is 2.27. The molecule has 158 valence electrons. The fourth-order valence-corrected chi connectivity index (χ4v) is 3.32. The Labute approximate surface area is 170 Å². The van der Waals surface area contributed by atoms with Crippen LogP contribution in [-0.2, 0) is 4.79 Å². The van der Waals surface area contributed by atoms with Crippen molar-refractivity contribution in [2.75, 3.05) is 6.61 Å². The van der Waals surface area contributed by atoms with Gasteiger partial charge < -0.3 is 10.4 Å². The average Bonchev–Trinajstić information content (AvgIpc) is 2.67. The molecule has 0 heterocycles. The van der Waals surface area contributed by atoms with Crippen molar-refractivity contribution in [2.24, 2.45) is 0 Å². The van der Waals surface area contributed by atoms with Crippen molar-refractivity contribution >= 4 is 13.8 Å². The van der Waals surface area contributed by atoms with E-state index in [2.05, 4.69) is 32.2 Å². The van der Waals surface area contributed by atoms with Crippen LogP contribution in [-0.4, -0.2) is 31.5 Å². The van der Waals surface area contributed by atoms with Gasteiger partial charge in [0.1, 0.15) is 7.85 Å². The molecule has 0 aliphatic rings. The van der Waals surface area contributed by atoms with Crippen LogP contribution < -0.4 is 5.32 Å². The second-order valence-electron chi connectivity index (χ2n) is 7.94. The topological polar surface area (TPSA) is 49.3 Å². The van der Waals surface area contributed by atoms with Crippen LogP contribution >= 0.6 is 0 Å². The van der Waals surface area contributed by atoms with Gasteiger partial charge in [0.05, 0.1) is 12.6 Å². The molecule has 0 aromatic rings. The lowest BCUT2D eigenvalue weighted by Crippen LogP contribution is -2.36. The maximum Gasteiger partial charge on any atom is 0.220 e. The maximum atomic E-state index is 11.8. The lowest BCUT2D eigenvalue weighted by atomic mass is 9.98. The number of carbonyl (C=O) groups is 1. The molecular formula is C23H46BNO2. The molecule has 0 saturated carbocycles. The van der Waals surface area contributed by atoms with Gasteiger partial charge in [-0.05, 0) is 25.7 Å². The molecule has 0 aromatic heterocycles. The summed E-state index contributed by atoms with van der Waals surface area (Å²) in [4.78, 5) is 11.8. The van der Waals surface area contributed by atoms with Crippen molar-refractivity contribution < 1.29 is 9.90 Å². The zero-order valence-corrected chi connectivity index (χ0v) is 18.3. The monoisotopic (exact) mass is 379 g/mol. The summed E-state index contributed by atoms with van der Waals surface area (Å²) in [5.41, 5.74) is 0. The van der Waals surface area contributed by atoms with Crippen molar-refractivity contribution in [2.45, 2.75) is 122 Å². The first-order chi connectivity index (χ1) is 13.2. The fourth-order valence-electron chi connectivity index (χ4n) is 3.32. The minimum atomic E-state index is -0.132. The molecule has 0 aliphatic heterocycles. The number of nitrogens with one attached hydrogen (secondary N) is 1. The molecule has 0 bridgehead atoms. The molecular weight excluding hydrogens is 333 g/mol. The first kappa shape index (κ1) is 26.2. The molecule has 3 nitrogen and oxygen atoms in total. The molecule has 0 aromatic carbocycles. The van der Waals surface area contributed by atoms with Crippen molar-refractivity contribution in [3.63, 3.8) is 0 Å². The highest BCUT2D eigenvalue weighted by molar-refractivity contribution is 6.08. The van der Waals surface area contributed by atoms with Crippen molar-refractivity contribution in [3.05, 3.63) is 12.2 Å². The van der Waals surface area contributed by atoms with Gasteiger partial charge in [-0.15, -0.1) is 0 Å². The van der Waals surface area contributed by atoms with E-state index in [9.17, 15) is 9.90 Å². The quantitative estimate of drug-likeness (QED) is 0.171. The Morgan fingerprint density at radius 3 is 2.04 bits per heavy atom.